The molecule has 0 N–H and O–H groups in total. The Labute approximate surface area is 77.8 Å². The topological polar surface area (TPSA) is 26.3 Å². The fourth-order valence-corrected chi connectivity index (χ4v) is 1.14. The first-order valence-electron chi connectivity index (χ1n) is 4.04. The number of benzene rings is 1. The molecule has 0 heterocycles. The minimum atomic E-state index is 0.759. The van der Waals surface area contributed by atoms with Gasteiger partial charge in [0, 0.05) is 0 Å². The van der Waals surface area contributed by atoms with Crippen molar-refractivity contribution in [3.8, 4) is 5.75 Å². The predicted octanol–water partition coefficient (Wildman–Crippen LogP) is 2.22. The van der Waals surface area contributed by atoms with E-state index in [9.17, 15) is 4.79 Å². The van der Waals surface area contributed by atoms with Crippen LogP contribution in [-0.4, -0.2) is 13.4 Å². The molecule has 0 atom stereocenters. The number of hydrogen-bond acceptors (Lipinski definition) is 2. The van der Waals surface area contributed by atoms with E-state index in [4.69, 9.17) is 4.74 Å². The molecular weight excluding hydrogens is 164 g/mol. The Hall–Kier alpha value is -1.57. The third-order valence-corrected chi connectivity index (χ3v) is 1.68. The number of hydrogen-bond donors (Lipinski definition) is 0. The summed E-state index contributed by atoms with van der Waals surface area (Å²) in [7, 11) is 1.63. The van der Waals surface area contributed by atoms with Crippen molar-refractivity contribution in [3.63, 3.8) is 0 Å². The number of rotatable bonds is 3. The first-order chi connectivity index (χ1) is 6.26. The van der Waals surface area contributed by atoms with Gasteiger partial charge < -0.3 is 4.74 Å². The van der Waals surface area contributed by atoms with Gasteiger partial charge in [0.05, 0.1) is 7.11 Å². The van der Waals surface area contributed by atoms with E-state index >= 15 is 0 Å². The van der Waals surface area contributed by atoms with Gasteiger partial charge in [0.25, 0.3) is 0 Å². The van der Waals surface area contributed by atoms with Gasteiger partial charge in [-0.05, 0) is 36.3 Å². The fourth-order valence-electron chi connectivity index (χ4n) is 1.14. The van der Waals surface area contributed by atoms with Crippen LogP contribution < -0.4 is 4.74 Å². The molecule has 0 unspecified atom stereocenters. The molecule has 0 saturated heterocycles. The van der Waals surface area contributed by atoms with Gasteiger partial charge in [0.15, 0.2) is 0 Å². The average Bonchev–Trinajstić information content (AvgIpc) is 2.14. The van der Waals surface area contributed by atoms with E-state index in [1.165, 1.54) is 6.08 Å². The van der Waals surface area contributed by atoms with Crippen LogP contribution >= 0.6 is 0 Å². The number of aldehydes is 1. The van der Waals surface area contributed by atoms with Crippen LogP contribution in [0.2, 0.25) is 0 Å². The Bertz CT molecular complexity index is 327. The van der Waals surface area contributed by atoms with Crippen LogP contribution in [0, 0.1) is 6.92 Å². The third kappa shape index (κ3) is 2.75. The van der Waals surface area contributed by atoms with Crippen LogP contribution in [0.15, 0.2) is 24.3 Å². The van der Waals surface area contributed by atoms with E-state index in [2.05, 4.69) is 0 Å². The summed E-state index contributed by atoms with van der Waals surface area (Å²) in [6.07, 6.45) is 3.98. The largest absolute Gasteiger partial charge is 0.497 e. The molecule has 68 valence electrons. The van der Waals surface area contributed by atoms with Gasteiger partial charge in [-0.15, -0.1) is 0 Å². The summed E-state index contributed by atoms with van der Waals surface area (Å²) in [5.41, 5.74) is 2.09. The number of carbonyl (C=O) groups is 1. The van der Waals surface area contributed by atoms with Crippen molar-refractivity contribution in [2.24, 2.45) is 0 Å². The highest BCUT2D eigenvalue weighted by Crippen LogP contribution is 2.17. The minimum Gasteiger partial charge on any atom is -0.497 e. The second kappa shape index (κ2) is 4.45. The van der Waals surface area contributed by atoms with Crippen LogP contribution in [0.4, 0.5) is 0 Å². The van der Waals surface area contributed by atoms with Gasteiger partial charge in [-0.25, -0.2) is 0 Å². The molecule has 13 heavy (non-hydrogen) atoms. The molecule has 1 aromatic rings. The monoisotopic (exact) mass is 176 g/mol. The summed E-state index contributed by atoms with van der Waals surface area (Å²) in [6.45, 7) is 1.99. The maximum atomic E-state index is 10.1. The molecule has 0 amide bonds. The van der Waals surface area contributed by atoms with E-state index in [1.807, 2.05) is 25.1 Å². The molecule has 0 aliphatic heterocycles. The summed E-state index contributed by atoms with van der Waals surface area (Å²) >= 11 is 0. The molecule has 1 rings (SSSR count). The Balaban J connectivity index is 3.00. The number of allylic oxidation sites excluding steroid dienone is 1. The molecule has 2 heteroatoms. The summed E-state index contributed by atoms with van der Waals surface area (Å²) in [5, 5.41) is 0. The lowest BCUT2D eigenvalue weighted by molar-refractivity contribution is -0.104. The van der Waals surface area contributed by atoms with Crippen LogP contribution in [0.25, 0.3) is 6.08 Å². The average molecular weight is 176 g/mol. The second-order valence-electron chi connectivity index (χ2n) is 2.78. The quantitative estimate of drug-likeness (QED) is 0.521. The molecule has 1 aromatic carbocycles. The summed E-state index contributed by atoms with van der Waals surface area (Å²) < 4.78 is 5.09. The van der Waals surface area contributed by atoms with E-state index in [1.54, 1.807) is 13.2 Å². The maximum Gasteiger partial charge on any atom is 0.142 e. The van der Waals surface area contributed by atoms with Crippen molar-refractivity contribution in [1.82, 2.24) is 0 Å². The van der Waals surface area contributed by atoms with Crippen molar-refractivity contribution in [2.75, 3.05) is 7.11 Å². The second-order valence-corrected chi connectivity index (χ2v) is 2.78. The molecule has 0 aliphatic carbocycles. The van der Waals surface area contributed by atoms with Crippen LogP contribution in [-0.2, 0) is 4.79 Å². The molecule has 0 radical (unpaired) electrons. The summed E-state index contributed by atoms with van der Waals surface area (Å²) in [6, 6.07) is 5.81. The molecular formula is C11H12O2. The molecule has 2 nitrogen and oxygen atoms in total. The zero-order chi connectivity index (χ0) is 9.68. The van der Waals surface area contributed by atoms with E-state index in [0.717, 1.165) is 23.2 Å². The van der Waals surface area contributed by atoms with Crippen molar-refractivity contribution in [2.45, 2.75) is 6.92 Å². The maximum absolute atomic E-state index is 10.1. The van der Waals surface area contributed by atoms with Gasteiger partial charge in [-0.3, -0.25) is 4.79 Å². The standard InChI is InChI=1S/C11H12O2/c1-9-6-10(4-3-5-12)8-11(7-9)13-2/h3-8H,1-2H3/b4-3+. The molecule has 0 aliphatic rings. The van der Waals surface area contributed by atoms with Gasteiger partial charge >= 0.3 is 0 Å². The van der Waals surface area contributed by atoms with Crippen LogP contribution in [0.3, 0.4) is 0 Å². The van der Waals surface area contributed by atoms with E-state index in [-0.39, 0.29) is 0 Å². The summed E-state index contributed by atoms with van der Waals surface area (Å²) in [5.74, 6) is 0.811. The molecule has 0 fully saturated rings. The lowest BCUT2D eigenvalue weighted by Gasteiger charge is -2.02. The third-order valence-electron chi connectivity index (χ3n) is 1.68. The SMILES string of the molecule is COc1cc(C)cc(/C=C/C=O)c1. The normalized spacial score (nSPS) is 10.3. The van der Waals surface area contributed by atoms with Gasteiger partial charge in [-0.2, -0.15) is 0 Å². The highest BCUT2D eigenvalue weighted by molar-refractivity contribution is 5.74. The van der Waals surface area contributed by atoms with Crippen molar-refractivity contribution >= 4 is 12.4 Å². The Morgan fingerprint density at radius 3 is 2.69 bits per heavy atom. The van der Waals surface area contributed by atoms with Gasteiger partial charge in [0.1, 0.15) is 12.0 Å². The van der Waals surface area contributed by atoms with E-state index in [0.29, 0.717) is 0 Å². The van der Waals surface area contributed by atoms with Crippen molar-refractivity contribution in [3.05, 3.63) is 35.4 Å². The number of aryl methyl sites for hydroxylation is 1. The van der Waals surface area contributed by atoms with Gasteiger partial charge in [0.2, 0.25) is 0 Å². The smallest absolute Gasteiger partial charge is 0.142 e. The van der Waals surface area contributed by atoms with Crippen LogP contribution in [0.1, 0.15) is 11.1 Å². The van der Waals surface area contributed by atoms with Gasteiger partial charge in [-0.1, -0.05) is 12.1 Å². The Morgan fingerprint density at radius 2 is 2.08 bits per heavy atom. The molecule has 0 bridgehead atoms. The first-order valence-corrected chi connectivity index (χ1v) is 4.04. The predicted molar refractivity (Wildman–Crippen MR) is 52.8 cm³/mol. The highest BCUT2D eigenvalue weighted by Gasteiger charge is 1.94. The lowest BCUT2D eigenvalue weighted by Crippen LogP contribution is -1.85. The first kappa shape index (κ1) is 9.52. The van der Waals surface area contributed by atoms with Crippen LogP contribution in [0.5, 0.6) is 5.75 Å². The molecule has 0 spiro atoms. The number of carbonyl (C=O) groups excluding carboxylic acids is 1. The Morgan fingerprint density at radius 1 is 1.31 bits per heavy atom. The fraction of sp³-hybridized carbons (Fsp3) is 0.182. The lowest BCUT2D eigenvalue weighted by atomic mass is 10.1. The number of ether oxygens (including phenoxy) is 1. The van der Waals surface area contributed by atoms with Crippen molar-refractivity contribution < 1.29 is 9.53 Å². The minimum absolute atomic E-state index is 0.759. The van der Waals surface area contributed by atoms with E-state index < -0.39 is 0 Å². The molecule has 0 saturated carbocycles. The zero-order valence-electron chi connectivity index (χ0n) is 7.78. The molecule has 0 aromatic heterocycles. The zero-order valence-corrected chi connectivity index (χ0v) is 7.78. The van der Waals surface area contributed by atoms with Crippen molar-refractivity contribution in [1.29, 1.82) is 0 Å². The Kier molecular flexibility index (Phi) is 3.26. The number of methoxy groups -OCH3 is 1. The summed E-state index contributed by atoms with van der Waals surface area (Å²) in [4.78, 5) is 10.1. The highest BCUT2D eigenvalue weighted by atomic mass is 16.5.